The van der Waals surface area contributed by atoms with Crippen LogP contribution in [0.5, 0.6) is 5.75 Å². The van der Waals surface area contributed by atoms with Crippen molar-refractivity contribution < 1.29 is 19.1 Å². The normalized spacial score (nSPS) is 10.9. The number of aryl methyl sites for hydroxylation is 3. The molecule has 0 unspecified atom stereocenters. The smallest absolute Gasteiger partial charge is 0.306 e. The maximum Gasteiger partial charge on any atom is 0.306 e. The van der Waals surface area contributed by atoms with Crippen molar-refractivity contribution in [2.24, 2.45) is 0 Å². The Bertz CT molecular complexity index is 1200. The summed E-state index contributed by atoms with van der Waals surface area (Å²) in [4.78, 5) is 25.5. The summed E-state index contributed by atoms with van der Waals surface area (Å²) in [6.07, 6.45) is 4.60. The van der Waals surface area contributed by atoms with Gasteiger partial charge in [0, 0.05) is 11.1 Å². The summed E-state index contributed by atoms with van der Waals surface area (Å²) in [6.45, 7) is 10.8. The molecule has 34 heavy (non-hydrogen) atoms. The quantitative estimate of drug-likeness (QED) is 0.164. The van der Waals surface area contributed by atoms with Crippen molar-refractivity contribution in [3.05, 3.63) is 75.2 Å². The van der Waals surface area contributed by atoms with Crippen LogP contribution in [-0.2, 0) is 29.0 Å². The minimum atomic E-state index is -0.247. The number of ketones is 1. The van der Waals surface area contributed by atoms with Gasteiger partial charge in [-0.15, -0.1) is 11.3 Å². The Hall–Kier alpha value is -2.92. The van der Waals surface area contributed by atoms with Gasteiger partial charge in [-0.2, -0.15) is 0 Å². The fourth-order valence-corrected chi connectivity index (χ4v) is 5.17. The molecule has 180 valence electrons. The van der Waals surface area contributed by atoms with E-state index in [-0.39, 0.29) is 18.2 Å². The zero-order chi connectivity index (χ0) is 24.7. The van der Waals surface area contributed by atoms with E-state index in [1.807, 2.05) is 32.0 Å². The van der Waals surface area contributed by atoms with E-state index in [0.29, 0.717) is 24.5 Å². The minimum Gasteiger partial charge on any atom is -0.489 e. The minimum absolute atomic E-state index is 0.0229. The molecule has 0 aliphatic heterocycles. The van der Waals surface area contributed by atoms with Crippen LogP contribution in [-0.4, -0.2) is 18.4 Å². The molecule has 0 spiro atoms. The lowest BCUT2D eigenvalue weighted by Gasteiger charge is -2.11. The van der Waals surface area contributed by atoms with E-state index in [2.05, 4.69) is 32.0 Å². The molecule has 0 amide bonds. The van der Waals surface area contributed by atoms with E-state index in [4.69, 9.17) is 9.47 Å². The van der Waals surface area contributed by atoms with Crippen LogP contribution in [0, 0.1) is 6.92 Å². The van der Waals surface area contributed by atoms with Gasteiger partial charge in [0.15, 0.2) is 5.78 Å². The number of fused-ring (bicyclic) bond motifs is 1. The number of carbonyl (C=O) groups excluding carboxylic acids is 2. The Balaban J connectivity index is 1.85. The van der Waals surface area contributed by atoms with E-state index in [1.54, 1.807) is 13.0 Å². The fraction of sp³-hybridized carbons (Fsp3) is 0.379. The van der Waals surface area contributed by atoms with E-state index in [0.717, 1.165) is 39.8 Å². The van der Waals surface area contributed by atoms with E-state index < -0.39 is 0 Å². The fourth-order valence-electron chi connectivity index (χ4n) is 3.98. The molecule has 1 heterocycles. The van der Waals surface area contributed by atoms with E-state index in [1.165, 1.54) is 28.0 Å². The number of allylic oxidation sites excluding steroid dienone is 2. The summed E-state index contributed by atoms with van der Waals surface area (Å²) in [5, 5.41) is 0.993. The predicted octanol–water partition coefficient (Wildman–Crippen LogP) is 7.39. The third-order valence-electron chi connectivity index (χ3n) is 5.63. The third-order valence-corrected chi connectivity index (χ3v) is 6.84. The molecule has 0 fully saturated rings. The molecule has 0 bridgehead atoms. The number of hydrogen-bond donors (Lipinski definition) is 0. The lowest BCUT2D eigenvalue weighted by molar-refractivity contribution is -0.143. The number of rotatable bonds is 11. The van der Waals surface area contributed by atoms with Gasteiger partial charge in [-0.1, -0.05) is 37.1 Å². The van der Waals surface area contributed by atoms with Crippen molar-refractivity contribution >= 4 is 33.2 Å². The van der Waals surface area contributed by atoms with Crippen molar-refractivity contribution in [2.45, 2.75) is 66.9 Å². The van der Waals surface area contributed by atoms with Crippen LogP contribution in [0.4, 0.5) is 0 Å². The number of hydrogen-bond acceptors (Lipinski definition) is 5. The molecule has 4 nitrogen and oxygen atoms in total. The molecule has 5 heteroatoms. The average Bonchev–Trinajstić information content (AvgIpc) is 3.15. The molecule has 0 radical (unpaired) electrons. The molecule has 3 aromatic rings. The van der Waals surface area contributed by atoms with Gasteiger partial charge in [0.1, 0.15) is 12.4 Å². The maximum absolute atomic E-state index is 12.9. The average molecular weight is 479 g/mol. The van der Waals surface area contributed by atoms with Crippen LogP contribution in [0.1, 0.15) is 72.5 Å². The molecule has 0 atom stereocenters. The number of ether oxygens (including phenoxy) is 2. The molecule has 2 aromatic carbocycles. The first-order valence-electron chi connectivity index (χ1n) is 11.9. The summed E-state index contributed by atoms with van der Waals surface area (Å²) in [6, 6.07) is 12.5. The van der Waals surface area contributed by atoms with Gasteiger partial charge in [-0.3, -0.25) is 9.59 Å². The molecule has 0 saturated carbocycles. The highest BCUT2D eigenvalue weighted by atomic mass is 32.1. The second kappa shape index (κ2) is 12.0. The maximum atomic E-state index is 12.9. The number of esters is 1. The zero-order valence-corrected chi connectivity index (χ0v) is 21.6. The van der Waals surface area contributed by atoms with Gasteiger partial charge in [-0.05, 0) is 92.5 Å². The van der Waals surface area contributed by atoms with Crippen LogP contribution in [0.3, 0.4) is 0 Å². The highest BCUT2D eigenvalue weighted by Gasteiger charge is 2.19. The van der Waals surface area contributed by atoms with Crippen LogP contribution in [0.2, 0.25) is 0 Å². The van der Waals surface area contributed by atoms with E-state index in [9.17, 15) is 9.59 Å². The highest BCUT2D eigenvalue weighted by molar-refractivity contribution is 7.21. The first kappa shape index (κ1) is 25.7. The van der Waals surface area contributed by atoms with Gasteiger partial charge in [-0.25, -0.2) is 0 Å². The standard InChI is InChI=1S/C29H34O4S/c1-6-8-21-9-10-22(20(5)16-21)18-33-23-11-12-24-25(13-14-28(31)32-7-2)29(34-27(24)17-23)26(30)15-19(3)4/h9-12,15-17H,6-8,13-14,18H2,1-5H3. The van der Waals surface area contributed by atoms with Gasteiger partial charge in [0.25, 0.3) is 0 Å². The summed E-state index contributed by atoms with van der Waals surface area (Å²) < 4.78 is 12.2. The summed E-state index contributed by atoms with van der Waals surface area (Å²) >= 11 is 1.46. The monoisotopic (exact) mass is 478 g/mol. The Morgan fingerprint density at radius 2 is 1.82 bits per heavy atom. The zero-order valence-electron chi connectivity index (χ0n) is 20.8. The SMILES string of the molecule is CCCc1ccc(COc2ccc3c(CCC(=O)OCC)c(C(=O)C=C(C)C)sc3c2)c(C)c1. The highest BCUT2D eigenvalue weighted by Crippen LogP contribution is 2.36. The molecule has 0 aliphatic rings. The Labute approximate surface area is 206 Å². The van der Waals surface area contributed by atoms with Gasteiger partial charge in [0.2, 0.25) is 0 Å². The van der Waals surface area contributed by atoms with Crippen LogP contribution in [0.15, 0.2) is 48.0 Å². The summed E-state index contributed by atoms with van der Waals surface area (Å²) in [7, 11) is 0. The summed E-state index contributed by atoms with van der Waals surface area (Å²) in [5.74, 6) is 0.497. The molecule has 0 saturated heterocycles. The largest absolute Gasteiger partial charge is 0.489 e. The molecule has 0 N–H and O–H groups in total. The van der Waals surface area contributed by atoms with Crippen molar-refractivity contribution in [3.8, 4) is 5.75 Å². The van der Waals surface area contributed by atoms with Crippen molar-refractivity contribution in [3.63, 3.8) is 0 Å². The molecule has 3 rings (SSSR count). The van der Waals surface area contributed by atoms with Crippen molar-refractivity contribution in [1.82, 2.24) is 0 Å². The first-order chi connectivity index (χ1) is 16.3. The van der Waals surface area contributed by atoms with Gasteiger partial charge >= 0.3 is 5.97 Å². The number of carbonyl (C=O) groups is 2. The Kier molecular flexibility index (Phi) is 9.05. The molecule has 1 aromatic heterocycles. The lowest BCUT2D eigenvalue weighted by atomic mass is 10.0. The van der Waals surface area contributed by atoms with Gasteiger partial charge in [0.05, 0.1) is 11.5 Å². The van der Waals surface area contributed by atoms with Crippen LogP contribution < -0.4 is 4.74 Å². The lowest BCUT2D eigenvalue weighted by Crippen LogP contribution is -2.06. The predicted molar refractivity (Wildman–Crippen MR) is 140 cm³/mol. The first-order valence-corrected chi connectivity index (χ1v) is 12.8. The second-order valence-corrected chi connectivity index (χ2v) is 9.81. The summed E-state index contributed by atoms with van der Waals surface area (Å²) in [5.41, 5.74) is 5.61. The van der Waals surface area contributed by atoms with E-state index >= 15 is 0 Å². The third kappa shape index (κ3) is 6.57. The Morgan fingerprint density at radius 1 is 1.03 bits per heavy atom. The molecular weight excluding hydrogens is 444 g/mol. The number of thiophene rings is 1. The molecular formula is C29H34O4S. The van der Waals surface area contributed by atoms with Gasteiger partial charge < -0.3 is 9.47 Å². The second-order valence-electron chi connectivity index (χ2n) is 8.76. The van der Waals surface area contributed by atoms with Crippen molar-refractivity contribution in [1.29, 1.82) is 0 Å². The number of benzene rings is 2. The van der Waals surface area contributed by atoms with Crippen LogP contribution in [0.25, 0.3) is 10.1 Å². The topological polar surface area (TPSA) is 52.6 Å². The Morgan fingerprint density at radius 3 is 2.50 bits per heavy atom. The van der Waals surface area contributed by atoms with Crippen LogP contribution >= 0.6 is 11.3 Å². The van der Waals surface area contributed by atoms with Crippen molar-refractivity contribution in [2.75, 3.05) is 6.61 Å². The molecule has 0 aliphatic carbocycles.